The van der Waals surface area contributed by atoms with Gasteiger partial charge in [0.15, 0.2) is 0 Å². The highest BCUT2D eigenvalue weighted by Gasteiger charge is 1.87. The first-order valence-electron chi connectivity index (χ1n) is 3.56. The molecule has 0 bridgehead atoms. The Kier molecular flexibility index (Phi) is 2.80. The molecule has 3 heteroatoms. The lowest BCUT2D eigenvalue weighted by Gasteiger charge is -2.01. The van der Waals surface area contributed by atoms with Gasteiger partial charge in [-0.3, -0.25) is 0 Å². The Morgan fingerprint density at radius 1 is 1.60 bits per heavy atom. The summed E-state index contributed by atoms with van der Waals surface area (Å²) in [5, 5.41) is 3.88. The van der Waals surface area contributed by atoms with Gasteiger partial charge in [0.25, 0.3) is 0 Å². The summed E-state index contributed by atoms with van der Waals surface area (Å²) < 4.78 is 0. The molecule has 56 valence electrons. The topological polar surface area (TPSA) is 27.1 Å². The Morgan fingerprint density at radius 2 is 2.50 bits per heavy atom. The first-order chi connectivity index (χ1) is 4.93. The molecule has 0 amide bonds. The van der Waals surface area contributed by atoms with Crippen LogP contribution >= 0.6 is 0 Å². The van der Waals surface area contributed by atoms with E-state index in [9.17, 15) is 0 Å². The smallest absolute Gasteiger partial charge is 0.117 e. The van der Waals surface area contributed by atoms with Gasteiger partial charge in [-0.25, -0.2) is 0 Å². The quantitative estimate of drug-likeness (QED) is 0.586. The molecule has 3 nitrogen and oxygen atoms in total. The molecule has 0 aliphatic rings. The molecule has 0 fully saturated rings. The Labute approximate surface area is 60.6 Å². The number of unbranched alkanes of at least 4 members (excludes halogenated alkanes) is 1. The Bertz CT molecular complexity index is 160. The molecule has 0 unspecified atom stereocenters. The third kappa shape index (κ3) is 2.09. The van der Waals surface area contributed by atoms with Crippen molar-refractivity contribution in [3.8, 4) is 0 Å². The van der Waals surface area contributed by atoms with E-state index in [1.807, 2.05) is 6.07 Å². The largest absolute Gasteiger partial charge is 0.397 e. The third-order valence-corrected chi connectivity index (χ3v) is 1.20. The third-order valence-electron chi connectivity index (χ3n) is 1.20. The van der Waals surface area contributed by atoms with E-state index in [-0.39, 0.29) is 0 Å². The average molecular weight is 140 g/mol. The van der Waals surface area contributed by atoms with Gasteiger partial charge in [-0.1, -0.05) is 13.3 Å². The molecule has 0 spiro atoms. The summed E-state index contributed by atoms with van der Waals surface area (Å²) in [7, 11) is 0. The van der Waals surface area contributed by atoms with Crippen LogP contribution in [0.3, 0.4) is 0 Å². The minimum Gasteiger partial charge on any atom is -0.397 e. The second-order valence-electron chi connectivity index (χ2n) is 2.10. The van der Waals surface area contributed by atoms with Crippen molar-refractivity contribution < 1.29 is 4.84 Å². The fourth-order valence-corrected chi connectivity index (χ4v) is 0.634. The van der Waals surface area contributed by atoms with Gasteiger partial charge in [-0.2, -0.15) is 0 Å². The van der Waals surface area contributed by atoms with Crippen molar-refractivity contribution in [1.82, 2.24) is 9.94 Å². The van der Waals surface area contributed by atoms with Crippen molar-refractivity contribution in [2.45, 2.75) is 19.8 Å². The van der Waals surface area contributed by atoms with Crippen molar-refractivity contribution in [2.75, 3.05) is 6.61 Å². The van der Waals surface area contributed by atoms with E-state index in [1.165, 1.54) is 4.85 Å². The second-order valence-corrected chi connectivity index (χ2v) is 2.10. The van der Waals surface area contributed by atoms with Crippen LogP contribution in [0, 0.1) is 0 Å². The number of hydrogen-bond acceptors (Lipinski definition) is 2. The maximum atomic E-state index is 5.19. The zero-order valence-corrected chi connectivity index (χ0v) is 6.16. The predicted molar refractivity (Wildman–Crippen MR) is 38.6 cm³/mol. The van der Waals surface area contributed by atoms with Gasteiger partial charge in [0.2, 0.25) is 0 Å². The molecule has 0 radical (unpaired) electrons. The van der Waals surface area contributed by atoms with Gasteiger partial charge in [0, 0.05) is 0 Å². The molecule has 0 aliphatic carbocycles. The molecule has 0 aromatic carbocycles. The van der Waals surface area contributed by atoms with E-state index in [4.69, 9.17) is 4.84 Å². The zero-order chi connectivity index (χ0) is 7.23. The van der Waals surface area contributed by atoms with Crippen molar-refractivity contribution in [3.63, 3.8) is 0 Å². The summed E-state index contributed by atoms with van der Waals surface area (Å²) in [5.41, 5.74) is 0. The van der Waals surface area contributed by atoms with Crippen molar-refractivity contribution in [3.05, 3.63) is 18.5 Å². The predicted octanol–water partition coefficient (Wildman–Crippen LogP) is 1.11. The maximum absolute atomic E-state index is 5.19. The highest BCUT2D eigenvalue weighted by atomic mass is 16.7. The summed E-state index contributed by atoms with van der Waals surface area (Å²) >= 11 is 0. The molecule has 0 saturated carbocycles. The summed E-state index contributed by atoms with van der Waals surface area (Å²) in [5.74, 6) is 0. The minimum atomic E-state index is 0.748. The molecule has 0 atom stereocenters. The van der Waals surface area contributed by atoms with Gasteiger partial charge in [-0.05, 0) is 12.5 Å². The van der Waals surface area contributed by atoms with E-state index in [0.717, 1.165) is 19.4 Å². The first kappa shape index (κ1) is 7.12. The zero-order valence-electron chi connectivity index (χ0n) is 6.16. The molecular formula is C7H12N2O. The van der Waals surface area contributed by atoms with Crippen molar-refractivity contribution >= 4 is 0 Å². The van der Waals surface area contributed by atoms with Gasteiger partial charge in [0.1, 0.15) is 6.61 Å². The fraction of sp³-hybridized carbons (Fsp3) is 0.571. The number of rotatable bonds is 4. The molecule has 0 aliphatic heterocycles. The van der Waals surface area contributed by atoms with Gasteiger partial charge >= 0.3 is 0 Å². The Balaban J connectivity index is 2.15. The molecule has 0 N–H and O–H groups in total. The highest BCUT2D eigenvalue weighted by Crippen LogP contribution is 1.85. The van der Waals surface area contributed by atoms with Crippen LogP contribution in [-0.4, -0.2) is 16.6 Å². The van der Waals surface area contributed by atoms with Crippen LogP contribution < -0.4 is 4.84 Å². The maximum Gasteiger partial charge on any atom is 0.117 e. The average Bonchev–Trinajstić information content (AvgIpc) is 2.41. The van der Waals surface area contributed by atoms with Gasteiger partial charge < -0.3 is 4.84 Å². The van der Waals surface area contributed by atoms with Crippen molar-refractivity contribution in [2.24, 2.45) is 0 Å². The normalized spacial score (nSPS) is 9.70. The molecule has 1 aromatic rings. The lowest BCUT2D eigenvalue weighted by molar-refractivity contribution is 0.0803. The van der Waals surface area contributed by atoms with Gasteiger partial charge in [-0.15, -0.1) is 9.94 Å². The summed E-state index contributed by atoms with van der Waals surface area (Å²) in [4.78, 5) is 6.67. The van der Waals surface area contributed by atoms with Crippen LogP contribution in [0.5, 0.6) is 0 Å². The Morgan fingerprint density at radius 3 is 3.10 bits per heavy atom. The SMILES string of the molecule is CCCCOn1cccn1. The number of hydrogen-bond donors (Lipinski definition) is 0. The highest BCUT2D eigenvalue weighted by molar-refractivity contribution is 4.74. The van der Waals surface area contributed by atoms with Crippen LogP contribution in [0.1, 0.15) is 19.8 Å². The summed E-state index contributed by atoms with van der Waals surface area (Å²) in [6, 6.07) is 1.84. The van der Waals surface area contributed by atoms with Crippen LogP contribution in [0.15, 0.2) is 18.5 Å². The molecule has 1 heterocycles. The number of aromatic nitrogens is 2. The van der Waals surface area contributed by atoms with Crippen LogP contribution in [0.4, 0.5) is 0 Å². The Hall–Kier alpha value is -0.990. The molecule has 10 heavy (non-hydrogen) atoms. The van der Waals surface area contributed by atoms with E-state index in [0.29, 0.717) is 0 Å². The van der Waals surface area contributed by atoms with E-state index >= 15 is 0 Å². The summed E-state index contributed by atoms with van der Waals surface area (Å²) in [6.07, 6.45) is 5.72. The number of nitrogens with zero attached hydrogens (tertiary/aromatic N) is 2. The van der Waals surface area contributed by atoms with Crippen LogP contribution in [0.2, 0.25) is 0 Å². The monoisotopic (exact) mass is 140 g/mol. The van der Waals surface area contributed by atoms with E-state index in [2.05, 4.69) is 12.0 Å². The molecule has 0 saturated heterocycles. The fourth-order valence-electron chi connectivity index (χ4n) is 0.634. The van der Waals surface area contributed by atoms with Gasteiger partial charge in [0.05, 0.1) is 12.4 Å². The summed E-state index contributed by atoms with van der Waals surface area (Å²) in [6.45, 7) is 2.88. The minimum absolute atomic E-state index is 0.748. The van der Waals surface area contributed by atoms with Crippen molar-refractivity contribution in [1.29, 1.82) is 0 Å². The lowest BCUT2D eigenvalue weighted by atomic mass is 10.4. The van der Waals surface area contributed by atoms with Crippen LogP contribution in [0.25, 0.3) is 0 Å². The van der Waals surface area contributed by atoms with E-state index in [1.54, 1.807) is 12.4 Å². The van der Waals surface area contributed by atoms with E-state index < -0.39 is 0 Å². The second kappa shape index (κ2) is 3.93. The standard InChI is InChI=1S/C7H12N2O/c1-2-3-7-10-9-6-4-5-8-9/h4-6H,2-3,7H2,1H3. The lowest BCUT2D eigenvalue weighted by Crippen LogP contribution is -2.12. The molecule has 1 rings (SSSR count). The van der Waals surface area contributed by atoms with Crippen LogP contribution in [-0.2, 0) is 0 Å². The molecular weight excluding hydrogens is 128 g/mol. The first-order valence-corrected chi connectivity index (χ1v) is 3.56. The molecule has 1 aromatic heterocycles.